The van der Waals surface area contributed by atoms with Gasteiger partial charge in [0.25, 0.3) is 0 Å². The number of nitrogens with zero attached hydrogens (tertiary/aromatic N) is 1. The molecule has 0 saturated carbocycles. The van der Waals surface area contributed by atoms with Gasteiger partial charge in [-0.05, 0) is 18.2 Å². The molecule has 1 heterocycles. The van der Waals surface area contributed by atoms with E-state index in [0.29, 0.717) is 24.7 Å². The second kappa shape index (κ2) is 4.84. The molecule has 1 fully saturated rings. The first-order valence-electron chi connectivity index (χ1n) is 5.63. The van der Waals surface area contributed by atoms with E-state index in [1.165, 1.54) is 0 Å². The predicted molar refractivity (Wildman–Crippen MR) is 65.3 cm³/mol. The van der Waals surface area contributed by atoms with Gasteiger partial charge in [-0.1, -0.05) is 0 Å². The average Bonchev–Trinajstić information content (AvgIpc) is 2.37. The van der Waals surface area contributed by atoms with Gasteiger partial charge in [0.15, 0.2) is 0 Å². The first-order chi connectivity index (χ1) is 8.66. The summed E-state index contributed by atoms with van der Waals surface area (Å²) in [5.74, 6) is 1.35. The summed E-state index contributed by atoms with van der Waals surface area (Å²) in [4.78, 5) is 0. The molecule has 0 aromatic heterocycles. The Morgan fingerprint density at radius 1 is 1.39 bits per heavy atom. The second-order valence-electron chi connectivity index (χ2n) is 4.35. The Hall–Kier alpha value is -1.77. The van der Waals surface area contributed by atoms with Crippen LogP contribution in [-0.2, 0) is 4.74 Å². The SMILES string of the molecule is COc1ccc(OC)c(C(N)C2(C#N)COC2)c1. The molecule has 5 nitrogen and oxygen atoms in total. The molecular weight excluding hydrogens is 232 g/mol. The number of nitriles is 1. The smallest absolute Gasteiger partial charge is 0.123 e. The highest BCUT2D eigenvalue weighted by Crippen LogP contribution is 2.42. The van der Waals surface area contributed by atoms with Crippen LogP contribution in [0.15, 0.2) is 18.2 Å². The maximum absolute atomic E-state index is 9.28. The van der Waals surface area contributed by atoms with Crippen molar-refractivity contribution in [2.45, 2.75) is 6.04 Å². The first kappa shape index (κ1) is 12.7. The number of methoxy groups -OCH3 is 2. The number of ether oxygens (including phenoxy) is 3. The van der Waals surface area contributed by atoms with Crippen molar-refractivity contribution in [1.82, 2.24) is 0 Å². The largest absolute Gasteiger partial charge is 0.497 e. The van der Waals surface area contributed by atoms with Crippen molar-refractivity contribution in [1.29, 1.82) is 5.26 Å². The average molecular weight is 248 g/mol. The van der Waals surface area contributed by atoms with E-state index >= 15 is 0 Å². The van der Waals surface area contributed by atoms with Crippen LogP contribution in [0.1, 0.15) is 11.6 Å². The van der Waals surface area contributed by atoms with Crippen LogP contribution in [0.2, 0.25) is 0 Å². The number of hydrogen-bond acceptors (Lipinski definition) is 5. The van der Waals surface area contributed by atoms with Crippen molar-refractivity contribution >= 4 is 0 Å². The first-order valence-corrected chi connectivity index (χ1v) is 5.63. The molecule has 1 aliphatic rings. The molecule has 2 N–H and O–H groups in total. The summed E-state index contributed by atoms with van der Waals surface area (Å²) in [6, 6.07) is 7.19. The lowest BCUT2D eigenvalue weighted by Gasteiger charge is -2.40. The molecule has 18 heavy (non-hydrogen) atoms. The fraction of sp³-hybridized carbons (Fsp3) is 0.462. The molecule has 0 amide bonds. The zero-order chi connectivity index (χ0) is 13.2. The van der Waals surface area contributed by atoms with E-state index in [4.69, 9.17) is 19.9 Å². The van der Waals surface area contributed by atoms with Crippen molar-refractivity contribution in [3.63, 3.8) is 0 Å². The molecule has 0 bridgehead atoms. The molecular formula is C13H16N2O3. The van der Waals surface area contributed by atoms with Crippen molar-refractivity contribution in [3.05, 3.63) is 23.8 Å². The Morgan fingerprint density at radius 2 is 2.11 bits per heavy atom. The van der Waals surface area contributed by atoms with Gasteiger partial charge in [0.1, 0.15) is 16.9 Å². The Labute approximate surface area is 106 Å². The maximum Gasteiger partial charge on any atom is 0.123 e. The number of rotatable bonds is 4. The maximum atomic E-state index is 9.28. The van der Waals surface area contributed by atoms with Gasteiger partial charge in [-0.2, -0.15) is 5.26 Å². The summed E-state index contributed by atoms with van der Waals surface area (Å²) in [5, 5.41) is 9.28. The third kappa shape index (κ3) is 1.90. The molecule has 1 aromatic carbocycles. The van der Waals surface area contributed by atoms with Crippen LogP contribution in [0.4, 0.5) is 0 Å². The molecule has 0 aliphatic carbocycles. The molecule has 0 radical (unpaired) electrons. The van der Waals surface area contributed by atoms with Crippen LogP contribution >= 0.6 is 0 Å². The quantitative estimate of drug-likeness (QED) is 0.867. The Balaban J connectivity index is 2.39. The lowest BCUT2D eigenvalue weighted by atomic mass is 9.76. The van der Waals surface area contributed by atoms with Gasteiger partial charge in [0, 0.05) is 5.56 Å². The molecule has 1 saturated heterocycles. The lowest BCUT2D eigenvalue weighted by Crippen LogP contribution is -2.49. The van der Waals surface area contributed by atoms with Crippen LogP contribution in [0.25, 0.3) is 0 Å². The summed E-state index contributed by atoms with van der Waals surface area (Å²) in [7, 11) is 3.16. The molecule has 0 spiro atoms. The van der Waals surface area contributed by atoms with Crippen LogP contribution in [0.5, 0.6) is 11.5 Å². The van der Waals surface area contributed by atoms with Crippen LogP contribution in [0.3, 0.4) is 0 Å². The van der Waals surface area contributed by atoms with E-state index in [0.717, 1.165) is 5.56 Å². The van der Waals surface area contributed by atoms with Crippen molar-refractivity contribution in [2.24, 2.45) is 11.1 Å². The molecule has 2 rings (SSSR count). The van der Waals surface area contributed by atoms with Crippen LogP contribution in [-0.4, -0.2) is 27.4 Å². The highest BCUT2D eigenvalue weighted by atomic mass is 16.5. The Kier molecular flexibility index (Phi) is 3.41. The van der Waals surface area contributed by atoms with Gasteiger partial charge < -0.3 is 19.9 Å². The van der Waals surface area contributed by atoms with E-state index in [-0.39, 0.29) is 0 Å². The number of benzene rings is 1. The summed E-state index contributed by atoms with van der Waals surface area (Å²) >= 11 is 0. The number of hydrogen-bond donors (Lipinski definition) is 1. The van der Waals surface area contributed by atoms with E-state index in [1.54, 1.807) is 32.4 Å². The van der Waals surface area contributed by atoms with E-state index < -0.39 is 11.5 Å². The van der Waals surface area contributed by atoms with Crippen molar-refractivity contribution in [2.75, 3.05) is 27.4 Å². The molecule has 5 heteroatoms. The van der Waals surface area contributed by atoms with Crippen molar-refractivity contribution < 1.29 is 14.2 Å². The summed E-state index contributed by atoms with van der Waals surface area (Å²) in [5.41, 5.74) is 6.31. The van der Waals surface area contributed by atoms with E-state index in [1.807, 2.05) is 0 Å². The molecule has 96 valence electrons. The molecule has 1 atom stereocenters. The fourth-order valence-corrected chi connectivity index (χ4v) is 2.02. The minimum atomic E-state index is -0.667. The zero-order valence-corrected chi connectivity index (χ0v) is 10.5. The minimum Gasteiger partial charge on any atom is -0.497 e. The van der Waals surface area contributed by atoms with Gasteiger partial charge in [-0.3, -0.25) is 0 Å². The molecule has 1 aromatic rings. The zero-order valence-electron chi connectivity index (χ0n) is 10.5. The fourth-order valence-electron chi connectivity index (χ4n) is 2.02. The third-order valence-corrected chi connectivity index (χ3v) is 3.31. The normalized spacial score (nSPS) is 18.3. The Morgan fingerprint density at radius 3 is 2.56 bits per heavy atom. The predicted octanol–water partition coefficient (Wildman–Crippen LogP) is 1.24. The second-order valence-corrected chi connectivity index (χ2v) is 4.35. The molecule has 1 unspecified atom stereocenters. The summed E-state index contributed by atoms with van der Waals surface area (Å²) in [6.07, 6.45) is 0. The topological polar surface area (TPSA) is 77.5 Å². The monoisotopic (exact) mass is 248 g/mol. The summed E-state index contributed by atoms with van der Waals surface area (Å²) < 4.78 is 15.6. The van der Waals surface area contributed by atoms with Crippen molar-refractivity contribution in [3.8, 4) is 17.6 Å². The Bertz CT molecular complexity index is 478. The summed E-state index contributed by atoms with van der Waals surface area (Å²) in [6.45, 7) is 0.704. The lowest BCUT2D eigenvalue weighted by molar-refractivity contribution is -0.0913. The van der Waals surface area contributed by atoms with Crippen LogP contribution < -0.4 is 15.2 Å². The standard InChI is InChI=1S/C13H16N2O3/c1-16-9-3-4-11(17-2)10(5-9)12(15)13(6-14)7-18-8-13/h3-5,12H,7-8,15H2,1-2H3. The minimum absolute atomic E-state index is 0.352. The highest BCUT2D eigenvalue weighted by molar-refractivity contribution is 5.44. The van der Waals surface area contributed by atoms with Gasteiger partial charge in [-0.25, -0.2) is 0 Å². The molecule has 1 aliphatic heterocycles. The van der Waals surface area contributed by atoms with Gasteiger partial charge in [0.2, 0.25) is 0 Å². The van der Waals surface area contributed by atoms with Crippen LogP contribution in [0, 0.1) is 16.7 Å². The van der Waals surface area contributed by atoms with Gasteiger partial charge >= 0.3 is 0 Å². The van der Waals surface area contributed by atoms with Gasteiger partial charge in [-0.15, -0.1) is 0 Å². The van der Waals surface area contributed by atoms with Gasteiger partial charge in [0.05, 0.1) is 39.5 Å². The third-order valence-electron chi connectivity index (χ3n) is 3.31. The van der Waals surface area contributed by atoms with E-state index in [9.17, 15) is 5.26 Å². The van der Waals surface area contributed by atoms with E-state index in [2.05, 4.69) is 6.07 Å². The highest BCUT2D eigenvalue weighted by Gasteiger charge is 2.46. The number of nitrogens with two attached hydrogens (primary N) is 1.